The summed E-state index contributed by atoms with van der Waals surface area (Å²) in [6, 6.07) is 44.7. The summed E-state index contributed by atoms with van der Waals surface area (Å²) < 4.78 is 0. The van der Waals surface area contributed by atoms with Crippen molar-refractivity contribution in [3.63, 3.8) is 0 Å². The smallest absolute Gasteiger partial charge is 0.0390 e. The van der Waals surface area contributed by atoms with Gasteiger partial charge in [0.1, 0.15) is 0 Å². The molecule has 3 bridgehead atoms. The van der Waals surface area contributed by atoms with E-state index in [1.807, 2.05) is 0 Å². The highest BCUT2D eigenvalue weighted by Crippen LogP contribution is 2.59. The average Bonchev–Trinajstić information content (AvgIpc) is 3.31. The zero-order valence-electron chi connectivity index (χ0n) is 22.2. The van der Waals surface area contributed by atoms with Crippen LogP contribution in [0.3, 0.4) is 0 Å². The molecule has 190 valence electrons. The summed E-state index contributed by atoms with van der Waals surface area (Å²) in [5, 5.41) is 3.72. The van der Waals surface area contributed by atoms with Gasteiger partial charge in [0.05, 0.1) is 0 Å². The number of anilines is 2. The van der Waals surface area contributed by atoms with Crippen LogP contribution in [0.1, 0.15) is 48.6 Å². The van der Waals surface area contributed by atoms with Gasteiger partial charge in [0.15, 0.2) is 0 Å². The van der Waals surface area contributed by atoms with E-state index in [0.717, 1.165) is 29.4 Å². The van der Waals surface area contributed by atoms with Crippen LogP contribution in [0.4, 0.5) is 11.4 Å². The molecule has 1 heteroatoms. The summed E-state index contributed by atoms with van der Waals surface area (Å²) in [5.74, 6) is 3.21. The van der Waals surface area contributed by atoms with Gasteiger partial charge >= 0.3 is 0 Å². The van der Waals surface area contributed by atoms with Gasteiger partial charge in [0.25, 0.3) is 0 Å². The number of rotatable bonds is 4. The maximum absolute atomic E-state index is 3.72. The van der Waals surface area contributed by atoms with E-state index in [1.54, 1.807) is 11.1 Å². The van der Waals surface area contributed by atoms with E-state index in [1.165, 1.54) is 64.8 Å². The summed E-state index contributed by atoms with van der Waals surface area (Å²) in [6.45, 7) is 0. The summed E-state index contributed by atoms with van der Waals surface area (Å²) in [5.41, 5.74) is 13.3. The molecule has 0 radical (unpaired) electrons. The molecule has 0 heterocycles. The van der Waals surface area contributed by atoms with E-state index in [0.29, 0.717) is 0 Å². The van der Waals surface area contributed by atoms with Crippen molar-refractivity contribution in [1.29, 1.82) is 0 Å². The van der Waals surface area contributed by atoms with Crippen molar-refractivity contribution in [2.45, 2.75) is 37.5 Å². The maximum Gasteiger partial charge on any atom is 0.0390 e. The summed E-state index contributed by atoms with van der Waals surface area (Å²) in [6.07, 6.45) is 5.56. The molecular weight excluding hydrogens is 470 g/mol. The molecule has 39 heavy (non-hydrogen) atoms. The first-order valence-electron chi connectivity index (χ1n) is 14.5. The standard InChI is InChI=1S/C38H33N/c1-2-7-26(8-3-1)28-9-6-10-29(22-28)27-13-15-32(16-14-27)39-33-17-18-36-37-21-25-19-30(23-31(37)20-25)34-11-4-5-12-35(34)38(36)24-33/h1-18,22,24-25,30-31,37,39H,19-21,23H2. The average molecular weight is 504 g/mol. The van der Waals surface area contributed by atoms with Crippen molar-refractivity contribution in [3.05, 3.63) is 132 Å². The van der Waals surface area contributed by atoms with E-state index < -0.39 is 0 Å². The molecule has 4 unspecified atom stereocenters. The van der Waals surface area contributed by atoms with E-state index >= 15 is 0 Å². The van der Waals surface area contributed by atoms with Crippen LogP contribution in [0.15, 0.2) is 121 Å². The minimum absolute atomic E-state index is 0.725. The van der Waals surface area contributed by atoms with Gasteiger partial charge in [-0.2, -0.15) is 0 Å². The minimum atomic E-state index is 0.725. The van der Waals surface area contributed by atoms with Crippen LogP contribution in [0.5, 0.6) is 0 Å². The molecule has 0 amide bonds. The molecular formula is C38H33N. The summed E-state index contributed by atoms with van der Waals surface area (Å²) >= 11 is 0. The van der Waals surface area contributed by atoms with Crippen molar-refractivity contribution < 1.29 is 0 Å². The zero-order chi connectivity index (χ0) is 25.8. The quantitative estimate of drug-likeness (QED) is 0.257. The lowest BCUT2D eigenvalue weighted by atomic mass is 9.71. The zero-order valence-corrected chi connectivity index (χ0v) is 22.2. The molecule has 1 nitrogen and oxygen atoms in total. The molecule has 1 N–H and O–H groups in total. The number of nitrogens with one attached hydrogen (secondary N) is 1. The summed E-state index contributed by atoms with van der Waals surface area (Å²) in [4.78, 5) is 0. The van der Waals surface area contributed by atoms with Crippen LogP contribution in [0.2, 0.25) is 0 Å². The Morgan fingerprint density at radius 3 is 2.03 bits per heavy atom. The lowest BCUT2D eigenvalue weighted by Gasteiger charge is -2.34. The minimum Gasteiger partial charge on any atom is -0.356 e. The Kier molecular flexibility index (Phi) is 5.43. The van der Waals surface area contributed by atoms with Gasteiger partial charge in [-0.05, 0) is 124 Å². The van der Waals surface area contributed by atoms with Crippen molar-refractivity contribution in [3.8, 4) is 33.4 Å². The first kappa shape index (κ1) is 22.8. The molecule has 4 atom stereocenters. The maximum atomic E-state index is 3.72. The van der Waals surface area contributed by atoms with Crippen LogP contribution in [-0.4, -0.2) is 0 Å². The normalized spacial score (nSPS) is 22.5. The van der Waals surface area contributed by atoms with Gasteiger partial charge in [0.2, 0.25) is 0 Å². The van der Waals surface area contributed by atoms with Crippen molar-refractivity contribution in [1.82, 2.24) is 0 Å². The van der Waals surface area contributed by atoms with E-state index in [-0.39, 0.29) is 0 Å². The Labute approximate surface area is 231 Å². The largest absolute Gasteiger partial charge is 0.356 e. The highest BCUT2D eigenvalue weighted by Gasteiger charge is 2.44. The third kappa shape index (κ3) is 4.08. The van der Waals surface area contributed by atoms with Gasteiger partial charge in [0, 0.05) is 11.4 Å². The molecule has 2 saturated carbocycles. The fourth-order valence-corrected chi connectivity index (χ4v) is 7.90. The van der Waals surface area contributed by atoms with Gasteiger partial charge in [-0.25, -0.2) is 0 Å². The van der Waals surface area contributed by atoms with Crippen LogP contribution in [0.25, 0.3) is 33.4 Å². The first-order valence-corrected chi connectivity index (χ1v) is 14.5. The van der Waals surface area contributed by atoms with Crippen LogP contribution >= 0.6 is 0 Å². The third-order valence-electron chi connectivity index (χ3n) is 9.62. The lowest BCUT2D eigenvalue weighted by molar-refractivity contribution is 0.311. The first-order chi connectivity index (χ1) is 19.3. The molecule has 0 spiro atoms. The molecule has 8 rings (SSSR count). The Morgan fingerprint density at radius 2 is 1.18 bits per heavy atom. The molecule has 5 aromatic rings. The second kappa shape index (κ2) is 9.27. The number of benzene rings is 5. The molecule has 0 aromatic heterocycles. The second-order valence-corrected chi connectivity index (χ2v) is 11.9. The molecule has 5 aromatic carbocycles. The predicted molar refractivity (Wildman–Crippen MR) is 163 cm³/mol. The Bertz CT molecular complexity index is 1650. The van der Waals surface area contributed by atoms with Gasteiger partial charge < -0.3 is 5.32 Å². The Balaban J connectivity index is 1.10. The Hall–Kier alpha value is -4.10. The van der Waals surface area contributed by atoms with Crippen LogP contribution in [0, 0.1) is 11.8 Å². The van der Waals surface area contributed by atoms with Crippen molar-refractivity contribution in [2.75, 3.05) is 5.32 Å². The number of hydrogen-bond donors (Lipinski definition) is 1. The fraction of sp³-hybridized carbons (Fsp3) is 0.211. The number of hydrogen-bond acceptors (Lipinski definition) is 1. The molecule has 3 aliphatic carbocycles. The highest BCUT2D eigenvalue weighted by atomic mass is 14.9. The van der Waals surface area contributed by atoms with E-state index in [2.05, 4.69) is 127 Å². The van der Waals surface area contributed by atoms with Crippen molar-refractivity contribution >= 4 is 11.4 Å². The molecule has 2 fully saturated rings. The van der Waals surface area contributed by atoms with Crippen molar-refractivity contribution in [2.24, 2.45) is 11.8 Å². The molecule has 0 saturated heterocycles. The van der Waals surface area contributed by atoms with Crippen LogP contribution < -0.4 is 5.32 Å². The summed E-state index contributed by atoms with van der Waals surface area (Å²) in [7, 11) is 0. The topological polar surface area (TPSA) is 12.0 Å². The van der Waals surface area contributed by atoms with Crippen LogP contribution in [-0.2, 0) is 0 Å². The molecule has 0 aliphatic heterocycles. The number of fused-ring (bicyclic) bond motifs is 7. The lowest BCUT2D eigenvalue weighted by Crippen LogP contribution is -2.19. The SMILES string of the molecule is c1ccc(-c2cccc(-c3ccc(Nc4ccc5c(c4)-c4ccccc4C4CC6CC(C4)C5C6)cc3)c2)cc1. The predicted octanol–water partition coefficient (Wildman–Crippen LogP) is 10.4. The van der Waals surface area contributed by atoms with E-state index in [9.17, 15) is 0 Å². The second-order valence-electron chi connectivity index (χ2n) is 11.9. The highest BCUT2D eigenvalue weighted by molar-refractivity contribution is 5.79. The third-order valence-corrected chi connectivity index (χ3v) is 9.62. The van der Waals surface area contributed by atoms with E-state index in [4.69, 9.17) is 0 Å². The molecule has 3 aliphatic rings. The van der Waals surface area contributed by atoms with Gasteiger partial charge in [-0.3, -0.25) is 0 Å². The van der Waals surface area contributed by atoms with Gasteiger partial charge in [-0.15, -0.1) is 0 Å². The Morgan fingerprint density at radius 1 is 0.462 bits per heavy atom. The van der Waals surface area contributed by atoms with Gasteiger partial charge in [-0.1, -0.05) is 91.0 Å². The monoisotopic (exact) mass is 503 g/mol. The fourth-order valence-electron chi connectivity index (χ4n) is 7.90.